The third-order valence-corrected chi connectivity index (χ3v) is 6.04. The average molecular weight is 491 g/mol. The van der Waals surface area contributed by atoms with Crippen LogP contribution >= 0.6 is 0 Å². The fraction of sp³-hybridized carbons (Fsp3) is 0.310. The fourth-order valence-electron chi connectivity index (χ4n) is 4.29. The van der Waals surface area contributed by atoms with Gasteiger partial charge in [-0.05, 0) is 55.4 Å². The Morgan fingerprint density at radius 2 is 1.36 bits per heavy atom. The summed E-state index contributed by atoms with van der Waals surface area (Å²) in [6.45, 7) is 3.65. The van der Waals surface area contributed by atoms with Gasteiger partial charge in [-0.3, -0.25) is 4.79 Å². The number of carbonyl (C=O) groups excluding carboxylic acids is 1. The fourth-order valence-corrected chi connectivity index (χ4v) is 4.29. The Hall–Kier alpha value is -3.84. The number of para-hydroxylation sites is 1. The number of carboxylic acid groups (broad SMARTS) is 1. The number of amides is 2. The number of ether oxygens (including phenoxy) is 1. The summed E-state index contributed by atoms with van der Waals surface area (Å²) in [5.74, 6) is 0.310. The van der Waals surface area contributed by atoms with Gasteiger partial charge in [0.1, 0.15) is 5.75 Å². The maximum Gasteiger partial charge on any atom is 0.404 e. The maximum absolute atomic E-state index is 12.8. The monoisotopic (exact) mass is 490 g/mol. The van der Waals surface area contributed by atoms with Gasteiger partial charge in [-0.2, -0.15) is 0 Å². The lowest BCUT2D eigenvalue weighted by atomic mass is 9.93. The number of hydrogen-bond donors (Lipinski definition) is 4. The van der Waals surface area contributed by atoms with Gasteiger partial charge in [0, 0.05) is 6.04 Å². The third-order valence-electron chi connectivity index (χ3n) is 6.04. The first kappa shape index (κ1) is 26.8. The number of benzene rings is 3. The summed E-state index contributed by atoms with van der Waals surface area (Å²) in [4.78, 5) is 24.3. The molecule has 2 amide bonds. The average Bonchev–Trinajstić information content (AvgIpc) is 2.84. The van der Waals surface area contributed by atoms with Crippen molar-refractivity contribution < 1.29 is 24.5 Å². The second-order valence-electron chi connectivity index (χ2n) is 9.01. The van der Waals surface area contributed by atoms with Gasteiger partial charge < -0.3 is 25.6 Å². The molecule has 0 saturated heterocycles. The molecule has 0 aromatic heterocycles. The molecule has 0 aliphatic rings. The summed E-state index contributed by atoms with van der Waals surface area (Å²) >= 11 is 0. The van der Waals surface area contributed by atoms with Gasteiger partial charge in [0.05, 0.1) is 12.1 Å². The van der Waals surface area contributed by atoms with E-state index in [1.165, 1.54) is 0 Å². The second-order valence-corrected chi connectivity index (χ2v) is 9.01. The van der Waals surface area contributed by atoms with Crippen LogP contribution in [0.25, 0.3) is 0 Å². The van der Waals surface area contributed by atoms with Crippen LogP contribution in [0.15, 0.2) is 78.9 Å². The minimum absolute atomic E-state index is 0.136. The molecular formula is C29H34N2O5. The zero-order chi connectivity index (χ0) is 25.9. The molecule has 0 aliphatic carbocycles. The summed E-state index contributed by atoms with van der Waals surface area (Å²) in [6, 6.07) is 23.7. The Balaban J connectivity index is 1.71. The molecule has 7 nitrogen and oxygen atoms in total. The number of hydrogen-bond acceptors (Lipinski definition) is 4. The topological polar surface area (TPSA) is 108 Å². The third kappa shape index (κ3) is 8.43. The van der Waals surface area contributed by atoms with Crippen LogP contribution in [0, 0.1) is 13.8 Å². The summed E-state index contributed by atoms with van der Waals surface area (Å²) < 4.78 is 5.79. The van der Waals surface area contributed by atoms with Gasteiger partial charge in [0.25, 0.3) is 5.91 Å². The van der Waals surface area contributed by atoms with Gasteiger partial charge >= 0.3 is 6.09 Å². The van der Waals surface area contributed by atoms with Gasteiger partial charge in [-0.25, -0.2) is 4.79 Å². The van der Waals surface area contributed by atoms with E-state index < -0.39 is 24.3 Å². The van der Waals surface area contributed by atoms with Gasteiger partial charge in [0.15, 0.2) is 6.61 Å². The molecule has 3 aromatic rings. The summed E-state index contributed by atoms with van der Waals surface area (Å²) in [6.07, 6.45) is -1.20. The molecule has 3 aromatic carbocycles. The number of aryl methyl sites for hydroxylation is 2. The molecule has 0 unspecified atom stereocenters. The van der Waals surface area contributed by atoms with E-state index >= 15 is 0 Å². The first-order valence-corrected chi connectivity index (χ1v) is 12.1. The molecule has 0 saturated carbocycles. The van der Waals surface area contributed by atoms with Crippen molar-refractivity contribution in [1.29, 1.82) is 0 Å². The van der Waals surface area contributed by atoms with Crippen LogP contribution in [0.1, 0.15) is 28.7 Å². The number of aliphatic hydroxyl groups excluding tert-OH is 1. The van der Waals surface area contributed by atoms with E-state index in [0.29, 0.717) is 18.6 Å². The van der Waals surface area contributed by atoms with Gasteiger partial charge in [0.2, 0.25) is 0 Å². The number of carbonyl (C=O) groups is 2. The minimum Gasteiger partial charge on any atom is -0.483 e. The van der Waals surface area contributed by atoms with Crippen molar-refractivity contribution in [1.82, 2.24) is 10.6 Å². The molecule has 0 bridgehead atoms. The highest BCUT2D eigenvalue weighted by molar-refractivity contribution is 5.78. The molecule has 4 N–H and O–H groups in total. The molecule has 3 rings (SSSR count). The smallest absolute Gasteiger partial charge is 0.404 e. The highest BCUT2D eigenvalue weighted by Crippen LogP contribution is 2.22. The van der Waals surface area contributed by atoms with Crippen LogP contribution < -0.4 is 15.4 Å². The van der Waals surface area contributed by atoms with Crippen LogP contribution in [0.3, 0.4) is 0 Å². The molecule has 0 fully saturated rings. The lowest BCUT2D eigenvalue weighted by molar-refractivity contribution is -0.124. The summed E-state index contributed by atoms with van der Waals surface area (Å²) in [5.41, 5.74) is 3.77. The molecule has 0 spiro atoms. The normalized spacial score (nSPS) is 13.3. The highest BCUT2D eigenvalue weighted by atomic mass is 16.5. The van der Waals surface area contributed by atoms with Gasteiger partial charge in [-0.15, -0.1) is 0 Å². The number of nitrogens with one attached hydrogen (secondary N) is 2. The minimum atomic E-state index is -1.16. The molecule has 190 valence electrons. The van der Waals surface area contributed by atoms with Crippen LogP contribution in [-0.4, -0.2) is 47.0 Å². The van der Waals surface area contributed by atoms with E-state index in [2.05, 4.69) is 10.6 Å². The van der Waals surface area contributed by atoms with Crippen LogP contribution in [0.4, 0.5) is 4.79 Å². The Morgan fingerprint density at radius 1 is 0.806 bits per heavy atom. The maximum atomic E-state index is 12.8. The summed E-state index contributed by atoms with van der Waals surface area (Å²) in [5, 5.41) is 25.9. The first-order valence-electron chi connectivity index (χ1n) is 12.1. The van der Waals surface area contributed by atoms with E-state index in [-0.39, 0.29) is 18.9 Å². The van der Waals surface area contributed by atoms with Crippen molar-refractivity contribution in [2.45, 2.75) is 51.3 Å². The molecule has 7 heteroatoms. The van der Waals surface area contributed by atoms with E-state index in [0.717, 1.165) is 22.3 Å². The van der Waals surface area contributed by atoms with E-state index in [4.69, 9.17) is 4.74 Å². The van der Waals surface area contributed by atoms with Crippen molar-refractivity contribution in [3.63, 3.8) is 0 Å². The van der Waals surface area contributed by atoms with E-state index in [1.54, 1.807) is 0 Å². The second kappa shape index (κ2) is 13.3. The van der Waals surface area contributed by atoms with Crippen molar-refractivity contribution in [2.75, 3.05) is 6.61 Å². The lowest BCUT2D eigenvalue weighted by Crippen LogP contribution is -2.49. The zero-order valence-corrected chi connectivity index (χ0v) is 20.7. The zero-order valence-electron chi connectivity index (χ0n) is 20.7. The molecule has 0 aliphatic heterocycles. The molecule has 0 radical (unpaired) electrons. The van der Waals surface area contributed by atoms with Crippen molar-refractivity contribution >= 4 is 12.0 Å². The van der Waals surface area contributed by atoms with Crippen molar-refractivity contribution in [3.8, 4) is 5.75 Å². The predicted octanol–water partition coefficient (Wildman–Crippen LogP) is 4.04. The Bertz CT molecular complexity index is 1100. The van der Waals surface area contributed by atoms with Crippen molar-refractivity contribution in [3.05, 3.63) is 101 Å². The Labute approximate surface area is 212 Å². The first-order chi connectivity index (χ1) is 17.3. The Kier molecular flexibility index (Phi) is 9.89. The van der Waals surface area contributed by atoms with Crippen LogP contribution in [0.5, 0.6) is 5.75 Å². The SMILES string of the molecule is Cc1cccc(C)c1OCC(=O)N[C@@H](Cc1ccccc1)[C@@H](O)C[C@H](Cc1ccccc1)NC(=O)O. The summed E-state index contributed by atoms with van der Waals surface area (Å²) in [7, 11) is 0. The predicted molar refractivity (Wildman–Crippen MR) is 139 cm³/mol. The van der Waals surface area contributed by atoms with Crippen LogP contribution in [-0.2, 0) is 17.6 Å². The molecule has 0 heterocycles. The van der Waals surface area contributed by atoms with E-state index in [9.17, 15) is 19.8 Å². The quantitative estimate of drug-likeness (QED) is 0.307. The molecule has 36 heavy (non-hydrogen) atoms. The van der Waals surface area contributed by atoms with Crippen molar-refractivity contribution in [2.24, 2.45) is 0 Å². The largest absolute Gasteiger partial charge is 0.483 e. The number of rotatable bonds is 12. The Morgan fingerprint density at radius 3 is 1.92 bits per heavy atom. The van der Waals surface area contributed by atoms with E-state index in [1.807, 2.05) is 92.7 Å². The molecular weight excluding hydrogens is 456 g/mol. The van der Waals surface area contributed by atoms with Crippen LogP contribution in [0.2, 0.25) is 0 Å². The van der Waals surface area contributed by atoms with Gasteiger partial charge in [-0.1, -0.05) is 78.9 Å². The molecule has 3 atom stereocenters. The highest BCUT2D eigenvalue weighted by Gasteiger charge is 2.26. The lowest BCUT2D eigenvalue weighted by Gasteiger charge is -2.28. The standard InChI is InChI=1S/C29H34N2O5/c1-20-10-9-11-21(2)28(20)36-19-27(33)31-25(17-23-14-7-4-8-15-23)26(32)18-24(30-29(34)35)16-22-12-5-3-6-13-22/h3-15,24-26,30,32H,16-19H2,1-2H3,(H,31,33)(H,34,35)/t24-,25-,26-/m0/s1. The number of aliphatic hydroxyl groups is 1.